The van der Waals surface area contributed by atoms with E-state index in [1.54, 1.807) is 24.0 Å². The highest BCUT2D eigenvalue weighted by atomic mass is 32.2. The van der Waals surface area contributed by atoms with Crippen LogP contribution in [-0.4, -0.2) is 12.1 Å². The molecule has 0 spiro atoms. The molecular weight excluding hydrogens is 220 g/mol. The molecule has 0 saturated heterocycles. The number of nitrogens with one attached hydrogen (secondary N) is 1. The van der Waals surface area contributed by atoms with Crippen LogP contribution in [0.3, 0.4) is 0 Å². The first-order chi connectivity index (χ1) is 7.65. The van der Waals surface area contributed by atoms with Crippen molar-refractivity contribution in [3.8, 4) is 0 Å². The van der Waals surface area contributed by atoms with Crippen molar-refractivity contribution in [1.29, 1.82) is 0 Å². The first kappa shape index (κ1) is 11.0. The van der Waals surface area contributed by atoms with Crippen LogP contribution in [0.15, 0.2) is 46.4 Å². The molecule has 4 nitrogen and oxygen atoms in total. The molecule has 16 heavy (non-hydrogen) atoms. The Morgan fingerprint density at radius 1 is 1.38 bits per heavy atom. The van der Waals surface area contributed by atoms with E-state index < -0.39 is 5.79 Å². The molecule has 1 aromatic rings. The number of aliphatic imine (C=N–C) groups is 1. The van der Waals surface area contributed by atoms with Gasteiger partial charge in [-0.2, -0.15) is 0 Å². The van der Waals surface area contributed by atoms with Crippen LogP contribution in [0.1, 0.15) is 5.56 Å². The molecule has 1 aliphatic heterocycles. The third-order valence-corrected chi connectivity index (χ3v) is 3.18. The van der Waals surface area contributed by atoms with Crippen LogP contribution in [0, 0.1) is 0 Å². The Bertz CT molecular complexity index is 455. The second-order valence-corrected chi connectivity index (χ2v) is 4.33. The molecule has 5 N–H and O–H groups in total. The minimum atomic E-state index is -0.960. The average Bonchev–Trinajstić information content (AvgIpc) is 2.29. The Morgan fingerprint density at radius 3 is 2.81 bits per heavy atom. The molecule has 84 valence electrons. The fourth-order valence-electron chi connectivity index (χ4n) is 1.62. The normalized spacial score (nSPS) is 23.8. The number of rotatable bonds is 2. The van der Waals surface area contributed by atoms with E-state index in [1.165, 1.54) is 0 Å². The summed E-state index contributed by atoms with van der Waals surface area (Å²) in [5, 5.41) is 3.03. The molecule has 0 radical (unpaired) electrons. The molecule has 0 amide bonds. The predicted octanol–water partition coefficient (Wildman–Crippen LogP) is 0.952. The number of benzene rings is 1. The van der Waals surface area contributed by atoms with E-state index in [4.69, 9.17) is 11.5 Å². The van der Waals surface area contributed by atoms with Crippen LogP contribution in [0.4, 0.5) is 0 Å². The standard InChI is InChI=1S/C11H14N4S/c1-16-9-5-3-2-4-8(9)11(13)14-7-6-10(12)15-11/h2-7,14H,13H2,1H3,(H2,12,15). The molecule has 0 aliphatic carbocycles. The summed E-state index contributed by atoms with van der Waals surface area (Å²) in [5.41, 5.74) is 12.8. The zero-order valence-corrected chi connectivity index (χ0v) is 9.79. The van der Waals surface area contributed by atoms with E-state index in [0.717, 1.165) is 10.5 Å². The van der Waals surface area contributed by atoms with Crippen molar-refractivity contribution >= 4 is 17.6 Å². The highest BCUT2D eigenvalue weighted by Crippen LogP contribution is 2.28. The lowest BCUT2D eigenvalue weighted by Gasteiger charge is -2.30. The van der Waals surface area contributed by atoms with E-state index in [9.17, 15) is 0 Å². The van der Waals surface area contributed by atoms with Gasteiger partial charge in [-0.25, -0.2) is 4.99 Å². The number of amidine groups is 1. The van der Waals surface area contributed by atoms with Crippen molar-refractivity contribution < 1.29 is 0 Å². The van der Waals surface area contributed by atoms with Crippen molar-refractivity contribution in [1.82, 2.24) is 5.32 Å². The zero-order valence-electron chi connectivity index (χ0n) is 8.97. The van der Waals surface area contributed by atoms with Gasteiger partial charge in [-0.3, -0.25) is 5.73 Å². The number of thioether (sulfide) groups is 1. The van der Waals surface area contributed by atoms with Gasteiger partial charge in [-0.15, -0.1) is 11.8 Å². The number of hydrogen-bond donors (Lipinski definition) is 3. The first-order valence-corrected chi connectivity index (χ1v) is 6.10. The molecule has 1 aliphatic rings. The molecule has 1 heterocycles. The highest BCUT2D eigenvalue weighted by molar-refractivity contribution is 7.98. The fraction of sp³-hybridized carbons (Fsp3) is 0.182. The zero-order chi connectivity index (χ0) is 11.6. The van der Waals surface area contributed by atoms with E-state index in [2.05, 4.69) is 10.3 Å². The van der Waals surface area contributed by atoms with E-state index in [-0.39, 0.29) is 0 Å². The van der Waals surface area contributed by atoms with Crippen molar-refractivity contribution in [2.24, 2.45) is 16.5 Å². The van der Waals surface area contributed by atoms with Crippen molar-refractivity contribution in [3.05, 3.63) is 42.1 Å². The average molecular weight is 234 g/mol. The van der Waals surface area contributed by atoms with Crippen LogP contribution >= 0.6 is 11.8 Å². The van der Waals surface area contributed by atoms with Crippen LogP contribution in [-0.2, 0) is 5.79 Å². The Hall–Kier alpha value is -1.46. The van der Waals surface area contributed by atoms with E-state index >= 15 is 0 Å². The molecular formula is C11H14N4S. The maximum Gasteiger partial charge on any atom is 0.212 e. The smallest absolute Gasteiger partial charge is 0.212 e. The molecule has 2 rings (SSSR count). The second kappa shape index (κ2) is 4.19. The summed E-state index contributed by atoms with van der Waals surface area (Å²) in [6.07, 6.45) is 5.42. The lowest BCUT2D eigenvalue weighted by atomic mass is 10.1. The van der Waals surface area contributed by atoms with Crippen molar-refractivity contribution in [2.75, 3.05) is 6.26 Å². The predicted molar refractivity (Wildman–Crippen MR) is 68.0 cm³/mol. The molecule has 5 heteroatoms. The van der Waals surface area contributed by atoms with Crippen molar-refractivity contribution in [3.63, 3.8) is 0 Å². The number of hydrogen-bond acceptors (Lipinski definition) is 5. The molecule has 1 aromatic carbocycles. The van der Waals surface area contributed by atoms with E-state index in [0.29, 0.717) is 5.84 Å². The van der Waals surface area contributed by atoms with Gasteiger partial charge in [0.1, 0.15) is 5.84 Å². The monoisotopic (exact) mass is 234 g/mol. The number of nitrogens with zero attached hydrogens (tertiary/aromatic N) is 1. The van der Waals surface area contributed by atoms with Crippen LogP contribution in [0.25, 0.3) is 0 Å². The van der Waals surface area contributed by atoms with Gasteiger partial charge in [0.25, 0.3) is 0 Å². The van der Waals surface area contributed by atoms with Crippen LogP contribution in [0.2, 0.25) is 0 Å². The molecule has 0 aromatic heterocycles. The Balaban J connectivity index is 2.47. The number of nitrogens with two attached hydrogens (primary N) is 2. The van der Waals surface area contributed by atoms with Gasteiger partial charge in [-0.05, 0) is 18.4 Å². The van der Waals surface area contributed by atoms with E-state index in [1.807, 2.05) is 30.5 Å². The lowest BCUT2D eigenvalue weighted by molar-refractivity contribution is 0.402. The third-order valence-electron chi connectivity index (χ3n) is 2.38. The highest BCUT2D eigenvalue weighted by Gasteiger charge is 2.29. The van der Waals surface area contributed by atoms with Gasteiger partial charge in [-0.1, -0.05) is 18.2 Å². The minimum Gasteiger partial charge on any atom is -0.384 e. The van der Waals surface area contributed by atoms with Gasteiger partial charge in [0.15, 0.2) is 0 Å². The molecule has 1 unspecified atom stereocenters. The molecule has 0 saturated carbocycles. The maximum absolute atomic E-state index is 6.20. The largest absolute Gasteiger partial charge is 0.384 e. The molecule has 0 fully saturated rings. The Labute approximate surface area is 98.8 Å². The van der Waals surface area contributed by atoms with Crippen molar-refractivity contribution in [2.45, 2.75) is 10.7 Å². The topological polar surface area (TPSA) is 76.4 Å². The van der Waals surface area contributed by atoms with Crippen LogP contribution in [0.5, 0.6) is 0 Å². The molecule has 0 bridgehead atoms. The summed E-state index contributed by atoms with van der Waals surface area (Å²) in [7, 11) is 0. The quantitative estimate of drug-likeness (QED) is 0.666. The van der Waals surface area contributed by atoms with Crippen LogP contribution < -0.4 is 16.8 Å². The summed E-state index contributed by atoms with van der Waals surface area (Å²) >= 11 is 1.63. The van der Waals surface area contributed by atoms with Gasteiger partial charge >= 0.3 is 0 Å². The maximum atomic E-state index is 6.20. The van der Waals surface area contributed by atoms with Gasteiger partial charge < -0.3 is 11.1 Å². The summed E-state index contributed by atoms with van der Waals surface area (Å²) in [6, 6.07) is 7.88. The summed E-state index contributed by atoms with van der Waals surface area (Å²) in [4.78, 5) is 5.34. The van der Waals surface area contributed by atoms with Gasteiger partial charge in [0.2, 0.25) is 5.79 Å². The Morgan fingerprint density at radius 2 is 2.12 bits per heavy atom. The summed E-state index contributed by atoms with van der Waals surface area (Å²) < 4.78 is 0. The second-order valence-electron chi connectivity index (χ2n) is 3.48. The van der Waals surface area contributed by atoms with Gasteiger partial charge in [0, 0.05) is 16.7 Å². The Kier molecular flexibility index (Phi) is 2.89. The summed E-state index contributed by atoms with van der Waals surface area (Å²) in [5.74, 6) is -0.532. The SMILES string of the molecule is CSc1ccccc1C1(N)N=C(N)C=CN1. The summed E-state index contributed by atoms with van der Waals surface area (Å²) in [6.45, 7) is 0. The fourth-order valence-corrected chi connectivity index (χ4v) is 2.28. The van der Waals surface area contributed by atoms with Gasteiger partial charge in [0.05, 0.1) is 0 Å². The first-order valence-electron chi connectivity index (χ1n) is 4.87. The molecule has 1 atom stereocenters. The lowest BCUT2D eigenvalue weighted by Crippen LogP contribution is -2.49. The minimum absolute atomic E-state index is 0.428. The third kappa shape index (κ3) is 1.91.